The second-order valence-electron chi connectivity index (χ2n) is 7.58. The maximum atomic E-state index is 11.6. The molecule has 2 fully saturated rings. The van der Waals surface area contributed by atoms with Gasteiger partial charge in [0.25, 0.3) is 5.19 Å². The van der Waals surface area contributed by atoms with Crippen molar-refractivity contribution in [2.24, 2.45) is 0 Å². The van der Waals surface area contributed by atoms with Crippen LogP contribution in [-0.4, -0.2) is 59.0 Å². The normalized spacial score (nSPS) is 21.1. The SMILES string of the molecule is CC(=O)N1CC2CC1CN2CCOc1ccc(Oc2nc3ccccc3s2)cc1. The highest BCUT2D eigenvalue weighted by Crippen LogP contribution is 2.32. The van der Waals surface area contributed by atoms with Gasteiger partial charge in [-0.15, -0.1) is 0 Å². The average molecular weight is 410 g/mol. The lowest BCUT2D eigenvalue weighted by molar-refractivity contribution is -0.131. The van der Waals surface area contributed by atoms with E-state index in [1.54, 1.807) is 6.92 Å². The van der Waals surface area contributed by atoms with E-state index in [0.29, 0.717) is 23.9 Å². The van der Waals surface area contributed by atoms with Crippen molar-refractivity contribution in [1.29, 1.82) is 0 Å². The van der Waals surface area contributed by atoms with Crippen molar-refractivity contribution in [3.8, 4) is 16.7 Å². The number of fused-ring (bicyclic) bond motifs is 3. The van der Waals surface area contributed by atoms with Crippen LogP contribution in [0.4, 0.5) is 0 Å². The van der Waals surface area contributed by atoms with Crippen LogP contribution in [0.2, 0.25) is 0 Å². The molecule has 2 atom stereocenters. The van der Waals surface area contributed by atoms with Crippen molar-refractivity contribution in [1.82, 2.24) is 14.8 Å². The highest BCUT2D eigenvalue weighted by atomic mass is 32.1. The Labute approximate surface area is 173 Å². The lowest BCUT2D eigenvalue weighted by Crippen LogP contribution is -2.48. The Morgan fingerprint density at radius 1 is 1.10 bits per heavy atom. The number of carbonyl (C=O) groups is 1. The number of aromatic nitrogens is 1. The third kappa shape index (κ3) is 3.80. The van der Waals surface area contributed by atoms with Crippen LogP contribution in [0.15, 0.2) is 48.5 Å². The molecule has 5 rings (SSSR count). The van der Waals surface area contributed by atoms with Gasteiger partial charge in [0.05, 0.1) is 10.2 Å². The number of para-hydroxylation sites is 1. The molecule has 2 saturated heterocycles. The van der Waals surface area contributed by atoms with E-state index >= 15 is 0 Å². The molecule has 0 radical (unpaired) electrons. The number of hydrogen-bond donors (Lipinski definition) is 0. The summed E-state index contributed by atoms with van der Waals surface area (Å²) in [6, 6.07) is 16.5. The van der Waals surface area contributed by atoms with Crippen LogP contribution >= 0.6 is 11.3 Å². The van der Waals surface area contributed by atoms with Crippen molar-refractivity contribution in [2.45, 2.75) is 25.4 Å². The van der Waals surface area contributed by atoms with Crippen molar-refractivity contribution >= 4 is 27.5 Å². The largest absolute Gasteiger partial charge is 0.492 e. The van der Waals surface area contributed by atoms with Crippen molar-refractivity contribution in [2.75, 3.05) is 26.2 Å². The van der Waals surface area contributed by atoms with Crippen LogP contribution in [0.5, 0.6) is 16.7 Å². The summed E-state index contributed by atoms with van der Waals surface area (Å²) in [5.74, 6) is 1.77. The van der Waals surface area contributed by atoms with E-state index in [2.05, 4.69) is 9.88 Å². The van der Waals surface area contributed by atoms with Gasteiger partial charge in [0.2, 0.25) is 5.91 Å². The molecule has 6 nitrogen and oxygen atoms in total. The van der Waals surface area contributed by atoms with Gasteiger partial charge in [-0.2, -0.15) is 0 Å². The molecule has 2 aliphatic heterocycles. The first-order valence-corrected chi connectivity index (χ1v) is 10.7. The van der Waals surface area contributed by atoms with E-state index in [0.717, 1.165) is 47.8 Å². The van der Waals surface area contributed by atoms with Crippen LogP contribution < -0.4 is 9.47 Å². The lowest BCUT2D eigenvalue weighted by atomic mass is 10.2. The number of carbonyl (C=O) groups excluding carboxylic acids is 1. The zero-order chi connectivity index (χ0) is 19.8. The third-order valence-corrected chi connectivity index (χ3v) is 6.62. The van der Waals surface area contributed by atoms with E-state index in [4.69, 9.17) is 9.47 Å². The van der Waals surface area contributed by atoms with Crippen LogP contribution in [0.25, 0.3) is 10.2 Å². The van der Waals surface area contributed by atoms with E-state index in [9.17, 15) is 4.79 Å². The Morgan fingerprint density at radius 3 is 2.62 bits per heavy atom. The monoisotopic (exact) mass is 409 g/mol. The molecule has 2 bridgehead atoms. The summed E-state index contributed by atoms with van der Waals surface area (Å²) in [5, 5.41) is 0.642. The molecular formula is C22H23N3O3S. The molecule has 7 heteroatoms. The summed E-state index contributed by atoms with van der Waals surface area (Å²) in [6.45, 7) is 5.01. The summed E-state index contributed by atoms with van der Waals surface area (Å²) in [7, 11) is 0. The maximum Gasteiger partial charge on any atom is 0.279 e. The molecule has 3 aromatic rings. The molecule has 1 aromatic heterocycles. The molecular weight excluding hydrogens is 386 g/mol. The molecule has 29 heavy (non-hydrogen) atoms. The standard InChI is InChI=1S/C22H23N3O3S/c1-15(26)25-14-16-12-17(25)13-24(16)10-11-27-18-6-8-19(9-7-18)28-22-23-20-4-2-3-5-21(20)29-22/h2-9,16-17H,10-14H2,1H3. The predicted molar refractivity (Wildman–Crippen MR) is 113 cm³/mol. The molecule has 2 unspecified atom stereocenters. The minimum Gasteiger partial charge on any atom is -0.492 e. The number of nitrogens with zero attached hydrogens (tertiary/aromatic N) is 3. The highest BCUT2D eigenvalue weighted by Gasteiger charge is 2.43. The smallest absolute Gasteiger partial charge is 0.279 e. The minimum absolute atomic E-state index is 0.196. The zero-order valence-corrected chi connectivity index (χ0v) is 17.1. The van der Waals surface area contributed by atoms with Gasteiger partial charge in [-0.05, 0) is 42.8 Å². The number of rotatable bonds is 6. The summed E-state index contributed by atoms with van der Waals surface area (Å²) < 4.78 is 12.9. The summed E-state index contributed by atoms with van der Waals surface area (Å²) in [5.41, 5.74) is 0.953. The van der Waals surface area contributed by atoms with E-state index in [-0.39, 0.29) is 5.91 Å². The molecule has 0 N–H and O–H groups in total. The third-order valence-electron chi connectivity index (χ3n) is 5.71. The second kappa shape index (κ2) is 7.65. The first-order chi connectivity index (χ1) is 14.2. The van der Waals surface area contributed by atoms with Crippen molar-refractivity contribution in [3.05, 3.63) is 48.5 Å². The van der Waals surface area contributed by atoms with Crippen LogP contribution in [0, 0.1) is 0 Å². The number of amides is 1. The van der Waals surface area contributed by atoms with Gasteiger partial charge in [0.1, 0.15) is 18.1 Å². The first-order valence-electron chi connectivity index (χ1n) is 9.93. The van der Waals surface area contributed by atoms with Gasteiger partial charge in [-0.25, -0.2) is 4.98 Å². The van der Waals surface area contributed by atoms with Gasteiger partial charge in [-0.1, -0.05) is 23.5 Å². The summed E-state index contributed by atoms with van der Waals surface area (Å²) in [6.07, 6.45) is 1.09. The molecule has 0 spiro atoms. The van der Waals surface area contributed by atoms with Gasteiger partial charge in [0.15, 0.2) is 0 Å². The highest BCUT2D eigenvalue weighted by molar-refractivity contribution is 7.20. The average Bonchev–Trinajstić information content (AvgIpc) is 3.42. The fourth-order valence-electron chi connectivity index (χ4n) is 4.29. The van der Waals surface area contributed by atoms with Gasteiger partial charge in [0, 0.05) is 38.6 Å². The summed E-state index contributed by atoms with van der Waals surface area (Å²) in [4.78, 5) is 20.5. The van der Waals surface area contributed by atoms with Gasteiger partial charge >= 0.3 is 0 Å². The first kappa shape index (κ1) is 18.4. The number of ether oxygens (including phenoxy) is 2. The Bertz CT molecular complexity index is 987. The molecule has 0 aliphatic carbocycles. The molecule has 150 valence electrons. The number of benzene rings is 2. The molecule has 2 aliphatic rings. The fourth-order valence-corrected chi connectivity index (χ4v) is 5.12. The Kier molecular flexibility index (Phi) is 4.85. The zero-order valence-electron chi connectivity index (χ0n) is 16.3. The molecule has 2 aromatic carbocycles. The lowest BCUT2D eigenvalue weighted by Gasteiger charge is -2.33. The summed E-state index contributed by atoms with van der Waals surface area (Å²) >= 11 is 1.54. The molecule has 1 amide bonds. The predicted octanol–water partition coefficient (Wildman–Crippen LogP) is 3.77. The second-order valence-corrected chi connectivity index (χ2v) is 8.57. The number of likely N-dealkylation sites (tertiary alicyclic amines) is 2. The van der Waals surface area contributed by atoms with Crippen molar-refractivity contribution < 1.29 is 14.3 Å². The number of hydrogen-bond acceptors (Lipinski definition) is 6. The Morgan fingerprint density at radius 2 is 1.90 bits per heavy atom. The van der Waals surface area contributed by atoms with Gasteiger partial charge < -0.3 is 14.4 Å². The van der Waals surface area contributed by atoms with Crippen LogP contribution in [0.3, 0.4) is 0 Å². The van der Waals surface area contributed by atoms with Crippen LogP contribution in [0.1, 0.15) is 13.3 Å². The maximum absolute atomic E-state index is 11.6. The topological polar surface area (TPSA) is 54.9 Å². The fraction of sp³-hybridized carbons (Fsp3) is 0.364. The minimum atomic E-state index is 0.196. The Hall–Kier alpha value is -2.64. The molecule has 0 saturated carbocycles. The number of thiazole rings is 1. The van der Waals surface area contributed by atoms with E-state index in [1.165, 1.54) is 11.3 Å². The number of piperazine rings is 1. The van der Waals surface area contributed by atoms with E-state index in [1.807, 2.05) is 53.4 Å². The van der Waals surface area contributed by atoms with Crippen molar-refractivity contribution in [3.63, 3.8) is 0 Å². The molecule has 3 heterocycles. The Balaban J connectivity index is 1.11. The van der Waals surface area contributed by atoms with E-state index < -0.39 is 0 Å². The van der Waals surface area contributed by atoms with Gasteiger partial charge in [-0.3, -0.25) is 9.69 Å². The van der Waals surface area contributed by atoms with Crippen LogP contribution in [-0.2, 0) is 4.79 Å². The quantitative estimate of drug-likeness (QED) is 0.620.